The van der Waals surface area contributed by atoms with E-state index in [-0.39, 0.29) is 5.89 Å². The minimum atomic E-state index is -0.182. The van der Waals surface area contributed by atoms with Gasteiger partial charge in [0.15, 0.2) is 0 Å². The van der Waals surface area contributed by atoms with Crippen molar-refractivity contribution in [1.82, 2.24) is 4.90 Å². The van der Waals surface area contributed by atoms with E-state index in [1.54, 1.807) is 0 Å². The highest BCUT2D eigenvalue weighted by Crippen LogP contribution is 2.55. The first-order valence-corrected chi connectivity index (χ1v) is 6.89. The van der Waals surface area contributed by atoms with Crippen molar-refractivity contribution in [3.8, 4) is 0 Å². The van der Waals surface area contributed by atoms with E-state index in [0.29, 0.717) is 35.8 Å². The molecule has 1 saturated heterocycles. The Morgan fingerprint density at radius 2 is 1.88 bits per heavy atom. The van der Waals surface area contributed by atoms with Crippen molar-refractivity contribution in [1.29, 1.82) is 0 Å². The van der Waals surface area contributed by atoms with Gasteiger partial charge >= 0.3 is 0 Å². The number of likely N-dealkylation sites (tertiary alicyclic amines) is 1. The third-order valence-electron chi connectivity index (χ3n) is 4.94. The maximum atomic E-state index is 8.94. The lowest BCUT2D eigenvalue weighted by Crippen LogP contribution is -2.42. The third kappa shape index (κ3) is 1.33. The fourth-order valence-corrected chi connectivity index (χ4v) is 4.33. The van der Waals surface area contributed by atoms with Crippen LogP contribution in [0.25, 0.3) is 0 Å². The summed E-state index contributed by atoms with van der Waals surface area (Å²) in [5.41, 5.74) is 0. The lowest BCUT2D eigenvalue weighted by Gasteiger charge is -2.35. The van der Waals surface area contributed by atoms with Gasteiger partial charge in [-0.1, -0.05) is 26.0 Å². The fraction of sp³-hybridized carbons (Fsp3) is 0.867. The van der Waals surface area contributed by atoms with E-state index >= 15 is 0 Å². The quantitative estimate of drug-likeness (QED) is 0.646. The summed E-state index contributed by atoms with van der Waals surface area (Å²) in [6.45, 7) is 10.2. The van der Waals surface area contributed by atoms with Crippen LogP contribution in [0.2, 0.25) is 0 Å². The van der Waals surface area contributed by atoms with Crippen LogP contribution in [0.4, 0.5) is 0 Å². The molecule has 2 aliphatic carbocycles. The molecule has 0 aromatic carbocycles. The Balaban J connectivity index is 1.98. The average molecular weight is 220 g/mol. The van der Waals surface area contributed by atoms with Crippen molar-refractivity contribution >= 4 is 0 Å². The molecule has 1 saturated carbocycles. The normalized spacial score (nSPS) is 51.8. The summed E-state index contributed by atoms with van der Waals surface area (Å²) in [4.78, 5) is 2.61. The molecule has 1 nitrogen and oxygen atoms in total. The second kappa shape index (κ2) is 3.60. The number of allylic oxidation sites excluding steroid dienone is 2. The molecule has 3 rings (SSSR count). The Hall–Kier alpha value is -0.300. The average Bonchev–Trinajstić information content (AvgIpc) is 2.83. The second-order valence-corrected chi connectivity index (χ2v) is 6.49. The number of nitrogens with zero attached hydrogens (tertiary/aromatic N) is 1. The standard InChI is InChI=1S/C15H25N/c1-9(2)15-14-12-6-5-11(7-12)13(14)8-16(15)10(3)4/h5-6,9-15H,7-8H2,1-4H3/i13D. The first kappa shape index (κ1) is 9.70. The van der Waals surface area contributed by atoms with Crippen LogP contribution >= 0.6 is 0 Å². The molecule has 0 radical (unpaired) electrons. The van der Waals surface area contributed by atoms with Crippen molar-refractivity contribution in [2.75, 3.05) is 6.54 Å². The van der Waals surface area contributed by atoms with Crippen molar-refractivity contribution in [3.63, 3.8) is 0 Å². The minimum Gasteiger partial charge on any atom is -0.297 e. The molecule has 16 heavy (non-hydrogen) atoms. The summed E-state index contributed by atoms with van der Waals surface area (Å²) in [5.74, 6) is 2.29. The van der Waals surface area contributed by atoms with Crippen LogP contribution in [-0.2, 0) is 0 Å². The number of hydrogen-bond acceptors (Lipinski definition) is 1. The predicted molar refractivity (Wildman–Crippen MR) is 68.2 cm³/mol. The van der Waals surface area contributed by atoms with Gasteiger partial charge in [-0.15, -0.1) is 0 Å². The molecule has 0 aromatic heterocycles. The van der Waals surface area contributed by atoms with Crippen LogP contribution in [0.1, 0.15) is 35.5 Å². The van der Waals surface area contributed by atoms with Gasteiger partial charge in [-0.05, 0) is 49.8 Å². The lowest BCUT2D eigenvalue weighted by molar-refractivity contribution is 0.128. The van der Waals surface area contributed by atoms with Crippen LogP contribution in [0.15, 0.2) is 12.2 Å². The summed E-state index contributed by atoms with van der Waals surface area (Å²) in [5, 5.41) is 0. The third-order valence-corrected chi connectivity index (χ3v) is 4.94. The van der Waals surface area contributed by atoms with Crippen LogP contribution in [-0.4, -0.2) is 23.5 Å². The van der Waals surface area contributed by atoms with E-state index in [0.717, 1.165) is 6.54 Å². The summed E-state index contributed by atoms with van der Waals surface area (Å²) in [7, 11) is 0. The molecular formula is C15H25N. The van der Waals surface area contributed by atoms with Gasteiger partial charge in [0.05, 0.1) is 0 Å². The molecule has 1 heterocycles. The highest BCUT2D eigenvalue weighted by atomic mass is 15.2. The first-order valence-electron chi connectivity index (χ1n) is 7.39. The maximum absolute atomic E-state index is 8.94. The molecule has 0 aromatic rings. The van der Waals surface area contributed by atoms with Crippen LogP contribution in [0.3, 0.4) is 0 Å². The maximum Gasteiger partial charge on any atom is 0.0326 e. The Morgan fingerprint density at radius 1 is 1.19 bits per heavy atom. The summed E-state index contributed by atoms with van der Waals surface area (Å²) < 4.78 is 8.94. The molecule has 90 valence electrons. The van der Waals surface area contributed by atoms with Crippen molar-refractivity contribution < 1.29 is 1.37 Å². The topological polar surface area (TPSA) is 3.24 Å². The molecule has 3 aliphatic rings. The molecule has 1 heteroatoms. The monoisotopic (exact) mass is 220 g/mol. The van der Waals surface area contributed by atoms with Crippen LogP contribution < -0.4 is 0 Å². The molecule has 5 atom stereocenters. The van der Waals surface area contributed by atoms with Crippen molar-refractivity contribution in [2.45, 2.75) is 46.2 Å². The van der Waals surface area contributed by atoms with E-state index in [2.05, 4.69) is 44.7 Å². The zero-order chi connectivity index (χ0) is 12.4. The van der Waals surface area contributed by atoms with E-state index in [1.165, 1.54) is 6.42 Å². The van der Waals surface area contributed by atoms with E-state index in [4.69, 9.17) is 1.37 Å². The van der Waals surface area contributed by atoms with Gasteiger partial charge in [0.1, 0.15) is 0 Å². The summed E-state index contributed by atoms with van der Waals surface area (Å²) >= 11 is 0. The second-order valence-electron chi connectivity index (χ2n) is 6.49. The Kier molecular flexibility index (Phi) is 2.18. The van der Waals surface area contributed by atoms with Crippen LogP contribution in [0, 0.1) is 29.6 Å². The van der Waals surface area contributed by atoms with Crippen molar-refractivity contribution in [2.24, 2.45) is 29.6 Å². The van der Waals surface area contributed by atoms with E-state index in [1.807, 2.05) is 0 Å². The SMILES string of the molecule is [2H]C12CN(C(C)C)C(C(C)C)C1C1C=CC2C1. The van der Waals surface area contributed by atoms with Gasteiger partial charge in [0.2, 0.25) is 0 Å². The fourth-order valence-electron chi connectivity index (χ4n) is 4.33. The largest absolute Gasteiger partial charge is 0.297 e. The number of rotatable bonds is 2. The molecular weight excluding hydrogens is 194 g/mol. The Labute approximate surface area is 101 Å². The van der Waals surface area contributed by atoms with Crippen LogP contribution in [0.5, 0.6) is 0 Å². The smallest absolute Gasteiger partial charge is 0.0326 e. The van der Waals surface area contributed by atoms with E-state index in [9.17, 15) is 0 Å². The molecule has 1 aliphatic heterocycles. The van der Waals surface area contributed by atoms with Gasteiger partial charge in [-0.3, -0.25) is 4.90 Å². The molecule has 0 amide bonds. The zero-order valence-electron chi connectivity index (χ0n) is 12.0. The number of fused-ring (bicyclic) bond motifs is 5. The van der Waals surface area contributed by atoms with Gasteiger partial charge in [-0.2, -0.15) is 0 Å². The molecule has 5 unspecified atom stereocenters. The number of hydrogen-bond donors (Lipinski definition) is 0. The minimum absolute atomic E-state index is 0.182. The first-order chi connectivity index (χ1) is 7.95. The highest BCUT2D eigenvalue weighted by molar-refractivity contribution is 5.19. The van der Waals surface area contributed by atoms with Gasteiger partial charge in [-0.25, -0.2) is 0 Å². The zero-order valence-corrected chi connectivity index (χ0v) is 11.0. The molecule has 2 fully saturated rings. The predicted octanol–water partition coefficient (Wildman–Crippen LogP) is 3.17. The van der Waals surface area contributed by atoms with Gasteiger partial charge in [0.25, 0.3) is 0 Å². The van der Waals surface area contributed by atoms with E-state index < -0.39 is 0 Å². The van der Waals surface area contributed by atoms with Gasteiger partial charge in [0, 0.05) is 20.0 Å². The summed E-state index contributed by atoms with van der Waals surface area (Å²) in [6, 6.07) is 1.20. The lowest BCUT2D eigenvalue weighted by atomic mass is 9.78. The molecule has 0 spiro atoms. The highest BCUT2D eigenvalue weighted by Gasteiger charge is 2.55. The molecule has 2 bridgehead atoms. The molecule has 0 N–H and O–H groups in total. The Bertz CT molecular complexity index is 349. The summed E-state index contributed by atoms with van der Waals surface area (Å²) in [6.07, 6.45) is 5.99. The van der Waals surface area contributed by atoms with Gasteiger partial charge < -0.3 is 0 Å². The Morgan fingerprint density at radius 3 is 2.50 bits per heavy atom. The van der Waals surface area contributed by atoms with Crippen molar-refractivity contribution in [3.05, 3.63) is 12.2 Å².